The highest BCUT2D eigenvalue weighted by atomic mass is 32.2. The molecule has 0 aromatic heterocycles. The number of hydrogen-bond acceptors (Lipinski definition) is 3. The lowest BCUT2D eigenvalue weighted by Crippen LogP contribution is -2.48. The first-order chi connectivity index (χ1) is 8.13. The second kappa shape index (κ2) is 8.22. The molecule has 17 heavy (non-hydrogen) atoms. The Labute approximate surface area is 109 Å². The van der Waals surface area contributed by atoms with Gasteiger partial charge in [0.15, 0.2) is 0 Å². The van der Waals surface area contributed by atoms with Gasteiger partial charge >= 0.3 is 0 Å². The van der Waals surface area contributed by atoms with Gasteiger partial charge in [-0.15, -0.1) is 0 Å². The summed E-state index contributed by atoms with van der Waals surface area (Å²) in [6.07, 6.45) is 5.35. The van der Waals surface area contributed by atoms with E-state index in [4.69, 9.17) is 0 Å². The molecule has 1 aliphatic rings. The summed E-state index contributed by atoms with van der Waals surface area (Å²) >= 11 is 0. The quantitative estimate of drug-likeness (QED) is 0.752. The molecule has 0 radical (unpaired) electrons. The topological polar surface area (TPSA) is 32.3 Å². The lowest BCUT2D eigenvalue weighted by Gasteiger charge is -2.37. The predicted octanol–water partition coefficient (Wildman–Crippen LogP) is 1.46. The minimum atomic E-state index is -0.629. The van der Waals surface area contributed by atoms with Crippen LogP contribution >= 0.6 is 0 Å². The Morgan fingerprint density at radius 1 is 1.47 bits per heavy atom. The van der Waals surface area contributed by atoms with Gasteiger partial charge in [0.1, 0.15) is 0 Å². The largest absolute Gasteiger partial charge is 0.314 e. The van der Waals surface area contributed by atoms with Gasteiger partial charge in [0.2, 0.25) is 0 Å². The van der Waals surface area contributed by atoms with Crippen LogP contribution in [0.25, 0.3) is 0 Å². The van der Waals surface area contributed by atoms with Crippen LogP contribution in [0, 0.1) is 5.92 Å². The van der Waals surface area contributed by atoms with E-state index in [1.165, 1.54) is 25.9 Å². The summed E-state index contributed by atoms with van der Waals surface area (Å²) in [6, 6.07) is 0.700. The molecule has 1 heterocycles. The molecule has 0 aliphatic carbocycles. The van der Waals surface area contributed by atoms with Gasteiger partial charge in [0, 0.05) is 35.4 Å². The standard InChI is InChI=1S/C13H28N2OS/c1-4-7-14-13-6-9-15(11-12(13)2)8-5-10-17(3)16/h12-14H,4-11H2,1-3H3. The number of likely N-dealkylation sites (tertiary alicyclic amines) is 1. The lowest BCUT2D eigenvalue weighted by atomic mass is 9.93. The fourth-order valence-electron chi connectivity index (χ4n) is 2.56. The Hall–Kier alpha value is 0.0700. The molecular formula is C13H28N2OS. The third-order valence-corrected chi connectivity index (χ3v) is 4.42. The van der Waals surface area contributed by atoms with E-state index >= 15 is 0 Å². The van der Waals surface area contributed by atoms with Crippen molar-refractivity contribution in [1.29, 1.82) is 0 Å². The molecule has 3 unspecified atom stereocenters. The maximum absolute atomic E-state index is 11.0. The van der Waals surface area contributed by atoms with E-state index in [1.807, 2.05) is 0 Å². The van der Waals surface area contributed by atoms with Crippen LogP contribution in [0.2, 0.25) is 0 Å². The first kappa shape index (κ1) is 15.1. The van der Waals surface area contributed by atoms with Crippen LogP contribution in [-0.4, -0.2) is 53.3 Å². The van der Waals surface area contributed by atoms with E-state index in [0.717, 1.165) is 31.2 Å². The van der Waals surface area contributed by atoms with Crippen molar-refractivity contribution in [3.63, 3.8) is 0 Å². The van der Waals surface area contributed by atoms with Gasteiger partial charge in [-0.05, 0) is 44.8 Å². The zero-order chi connectivity index (χ0) is 12.7. The first-order valence-electron chi connectivity index (χ1n) is 6.89. The highest BCUT2D eigenvalue weighted by Crippen LogP contribution is 2.16. The normalized spacial score (nSPS) is 28.2. The van der Waals surface area contributed by atoms with Gasteiger partial charge in [0.05, 0.1) is 0 Å². The molecule has 0 amide bonds. The van der Waals surface area contributed by atoms with Gasteiger partial charge in [-0.2, -0.15) is 0 Å². The molecule has 102 valence electrons. The molecule has 0 bridgehead atoms. The summed E-state index contributed by atoms with van der Waals surface area (Å²) < 4.78 is 11.0. The van der Waals surface area contributed by atoms with E-state index in [9.17, 15) is 4.21 Å². The fraction of sp³-hybridized carbons (Fsp3) is 1.00. The minimum Gasteiger partial charge on any atom is -0.314 e. The molecule has 0 spiro atoms. The lowest BCUT2D eigenvalue weighted by molar-refractivity contribution is 0.148. The molecule has 1 fully saturated rings. The Kier molecular flexibility index (Phi) is 7.32. The number of piperidine rings is 1. The highest BCUT2D eigenvalue weighted by molar-refractivity contribution is 7.84. The van der Waals surface area contributed by atoms with Crippen molar-refractivity contribution >= 4 is 10.8 Å². The van der Waals surface area contributed by atoms with E-state index in [0.29, 0.717) is 6.04 Å². The molecule has 1 N–H and O–H groups in total. The summed E-state index contributed by atoms with van der Waals surface area (Å²) in [5.74, 6) is 1.59. The van der Waals surface area contributed by atoms with E-state index in [-0.39, 0.29) is 0 Å². The molecular weight excluding hydrogens is 232 g/mol. The minimum absolute atomic E-state index is 0.629. The predicted molar refractivity (Wildman–Crippen MR) is 75.9 cm³/mol. The summed E-state index contributed by atoms with van der Waals surface area (Å²) in [7, 11) is -0.629. The van der Waals surface area contributed by atoms with Gasteiger partial charge in [-0.25, -0.2) is 0 Å². The summed E-state index contributed by atoms with van der Waals surface area (Å²) in [5, 5.41) is 3.64. The van der Waals surface area contributed by atoms with Crippen molar-refractivity contribution in [2.24, 2.45) is 5.92 Å². The van der Waals surface area contributed by atoms with Crippen LogP contribution in [0.3, 0.4) is 0 Å². The molecule has 3 nitrogen and oxygen atoms in total. The van der Waals surface area contributed by atoms with Gasteiger partial charge in [0.25, 0.3) is 0 Å². The highest BCUT2D eigenvalue weighted by Gasteiger charge is 2.24. The van der Waals surface area contributed by atoms with Crippen molar-refractivity contribution < 1.29 is 4.21 Å². The molecule has 0 aromatic rings. The van der Waals surface area contributed by atoms with Gasteiger partial charge in [-0.1, -0.05) is 13.8 Å². The average molecular weight is 260 g/mol. The number of rotatable bonds is 7. The van der Waals surface area contributed by atoms with Crippen molar-refractivity contribution in [2.75, 3.05) is 38.2 Å². The second-order valence-corrected chi connectivity index (χ2v) is 6.81. The summed E-state index contributed by atoms with van der Waals surface area (Å²) in [5.41, 5.74) is 0. The molecule has 4 heteroatoms. The average Bonchev–Trinajstić information content (AvgIpc) is 2.27. The van der Waals surface area contributed by atoms with Crippen molar-refractivity contribution in [3.05, 3.63) is 0 Å². The number of nitrogens with one attached hydrogen (secondary N) is 1. The molecule has 1 aliphatic heterocycles. The first-order valence-corrected chi connectivity index (χ1v) is 8.62. The van der Waals surface area contributed by atoms with Crippen LogP contribution in [0.5, 0.6) is 0 Å². The van der Waals surface area contributed by atoms with Crippen LogP contribution < -0.4 is 5.32 Å². The van der Waals surface area contributed by atoms with E-state index < -0.39 is 10.8 Å². The zero-order valence-corrected chi connectivity index (χ0v) is 12.4. The Morgan fingerprint density at radius 2 is 2.24 bits per heavy atom. The van der Waals surface area contributed by atoms with Gasteiger partial charge < -0.3 is 10.2 Å². The third kappa shape index (κ3) is 5.98. The third-order valence-electron chi connectivity index (χ3n) is 3.55. The molecule has 3 atom stereocenters. The fourth-order valence-corrected chi connectivity index (χ4v) is 3.10. The Bertz CT molecular complexity index is 235. The van der Waals surface area contributed by atoms with Crippen LogP contribution in [0.4, 0.5) is 0 Å². The molecule has 1 saturated heterocycles. The Morgan fingerprint density at radius 3 is 2.82 bits per heavy atom. The smallest absolute Gasteiger partial charge is 0.0244 e. The second-order valence-electron chi connectivity index (χ2n) is 5.26. The molecule has 0 aromatic carbocycles. The maximum Gasteiger partial charge on any atom is 0.0244 e. The zero-order valence-electron chi connectivity index (χ0n) is 11.6. The van der Waals surface area contributed by atoms with Crippen molar-refractivity contribution in [3.8, 4) is 0 Å². The monoisotopic (exact) mass is 260 g/mol. The maximum atomic E-state index is 11.0. The van der Waals surface area contributed by atoms with Gasteiger partial charge in [-0.3, -0.25) is 4.21 Å². The van der Waals surface area contributed by atoms with Crippen molar-refractivity contribution in [1.82, 2.24) is 10.2 Å². The number of hydrogen-bond donors (Lipinski definition) is 1. The molecule has 1 rings (SSSR count). The van der Waals surface area contributed by atoms with Crippen LogP contribution in [0.1, 0.15) is 33.1 Å². The van der Waals surface area contributed by atoms with Crippen LogP contribution in [0.15, 0.2) is 0 Å². The van der Waals surface area contributed by atoms with Crippen molar-refractivity contribution in [2.45, 2.75) is 39.2 Å². The molecule has 0 saturated carbocycles. The van der Waals surface area contributed by atoms with Crippen LogP contribution in [-0.2, 0) is 10.8 Å². The van der Waals surface area contributed by atoms with E-state index in [2.05, 4.69) is 24.1 Å². The van der Waals surface area contributed by atoms with E-state index in [1.54, 1.807) is 6.26 Å². The number of nitrogens with zero attached hydrogens (tertiary/aromatic N) is 1. The SMILES string of the molecule is CCCNC1CCN(CCCS(C)=O)CC1C. The summed E-state index contributed by atoms with van der Waals surface area (Å²) in [4.78, 5) is 2.53. The Balaban J connectivity index is 2.19. The summed E-state index contributed by atoms with van der Waals surface area (Å²) in [6.45, 7) is 9.21.